The van der Waals surface area contributed by atoms with Crippen LogP contribution in [0.4, 0.5) is 0 Å². The molecule has 0 radical (unpaired) electrons. The lowest BCUT2D eigenvalue weighted by molar-refractivity contribution is -0.114. The van der Waals surface area contributed by atoms with Crippen LogP contribution in [0.3, 0.4) is 0 Å². The molecule has 7 heteroatoms. The van der Waals surface area contributed by atoms with Crippen LogP contribution < -0.4 is 14.2 Å². The molecule has 0 amide bonds. The minimum atomic E-state index is -0.337. The topological polar surface area (TPSA) is 85.3 Å². The van der Waals surface area contributed by atoms with Crippen LogP contribution in [0, 0.1) is 0 Å². The normalized spacial score (nSPS) is 14.8. The number of ketones is 2. The third kappa shape index (κ3) is 22.7. The Balaban J connectivity index is 1.82. The predicted molar refractivity (Wildman–Crippen MR) is 284 cm³/mol. The van der Waals surface area contributed by atoms with Gasteiger partial charge in [-0.05, 0) is 62.0 Å². The van der Waals surface area contributed by atoms with Crippen LogP contribution in [0.25, 0.3) is 5.57 Å². The van der Waals surface area contributed by atoms with Gasteiger partial charge in [-0.15, -0.1) is 0 Å². The molecule has 0 spiro atoms. The number of carbonyl (C=O) groups excluding carboxylic acids is 2. The number of aliphatic hydroxyl groups excluding tert-OH is 1. The molecule has 1 aromatic carbocycles. The Hall–Kier alpha value is -3.48. The highest BCUT2D eigenvalue weighted by atomic mass is 16.5. The van der Waals surface area contributed by atoms with Gasteiger partial charge in [0.25, 0.3) is 0 Å². The Morgan fingerprint density at radius 1 is 0.433 bits per heavy atom. The van der Waals surface area contributed by atoms with Crippen LogP contribution >= 0.6 is 0 Å². The average molecular weight is 930 g/mol. The van der Waals surface area contributed by atoms with Gasteiger partial charge in [0.1, 0.15) is 5.76 Å². The average Bonchev–Trinajstić information content (AvgIpc) is 3.33. The van der Waals surface area contributed by atoms with E-state index in [1.54, 1.807) is 12.2 Å². The van der Waals surface area contributed by atoms with Gasteiger partial charge in [-0.2, -0.15) is 0 Å². The highest BCUT2D eigenvalue weighted by molar-refractivity contribution is 6.41. The Morgan fingerprint density at radius 3 is 1.15 bits per heavy atom. The summed E-state index contributed by atoms with van der Waals surface area (Å²) < 4.78 is 19.8. The lowest BCUT2D eigenvalue weighted by atomic mass is 9.79. The second-order valence-corrected chi connectivity index (χ2v) is 19.7. The summed E-state index contributed by atoms with van der Waals surface area (Å²) in [5.41, 5.74) is 1.92. The zero-order valence-electron chi connectivity index (χ0n) is 43.9. The van der Waals surface area contributed by atoms with Crippen LogP contribution in [0.5, 0.6) is 17.2 Å². The lowest BCUT2D eigenvalue weighted by Crippen LogP contribution is -2.28. The Morgan fingerprint density at radius 2 is 0.791 bits per heavy atom. The highest BCUT2D eigenvalue weighted by Gasteiger charge is 2.39. The molecule has 0 atom stereocenters. The molecular weight excluding hydrogens is 831 g/mol. The van der Waals surface area contributed by atoms with E-state index >= 15 is 0 Å². The summed E-state index contributed by atoms with van der Waals surface area (Å²) in [6.45, 7) is 14.5. The summed E-state index contributed by atoms with van der Waals surface area (Å²) >= 11 is 0. The molecule has 0 fully saturated rings. The number of hydrogen-bond acceptors (Lipinski definition) is 7. The molecule has 3 rings (SSSR count). The maximum Gasteiger partial charge on any atom is 0.203 e. The van der Waals surface area contributed by atoms with Crippen molar-refractivity contribution in [3.8, 4) is 17.2 Å². The van der Waals surface area contributed by atoms with Crippen LogP contribution in [0.2, 0.25) is 0 Å². The van der Waals surface area contributed by atoms with E-state index in [2.05, 4.69) is 39.5 Å². The van der Waals surface area contributed by atoms with Crippen molar-refractivity contribution >= 4 is 17.1 Å². The van der Waals surface area contributed by atoms with Gasteiger partial charge in [0, 0.05) is 30.4 Å². The number of rotatable bonds is 44. The zero-order chi connectivity index (χ0) is 48.2. The molecule has 0 unspecified atom stereocenters. The van der Waals surface area contributed by atoms with Crippen molar-refractivity contribution in [2.24, 2.45) is 0 Å². The smallest absolute Gasteiger partial charge is 0.203 e. The van der Waals surface area contributed by atoms with Crippen molar-refractivity contribution < 1.29 is 28.9 Å². The van der Waals surface area contributed by atoms with Crippen molar-refractivity contribution in [2.45, 2.75) is 253 Å². The maximum atomic E-state index is 14.1. The van der Waals surface area contributed by atoms with Crippen LogP contribution in [-0.2, 0) is 9.59 Å². The lowest BCUT2D eigenvalue weighted by Gasteiger charge is -2.28. The number of allylic oxidation sites excluding steroid dienone is 6. The molecule has 0 bridgehead atoms. The summed E-state index contributed by atoms with van der Waals surface area (Å²) in [5.74, 6) is 0.950. The molecule has 380 valence electrons. The number of aliphatic hydroxyl groups is 1. The van der Waals surface area contributed by atoms with E-state index in [1.807, 2.05) is 18.2 Å². The minimum absolute atomic E-state index is 0.0853. The van der Waals surface area contributed by atoms with E-state index in [-0.39, 0.29) is 34.0 Å². The second-order valence-electron chi connectivity index (χ2n) is 19.7. The first kappa shape index (κ1) is 57.8. The van der Waals surface area contributed by atoms with Gasteiger partial charge in [0.2, 0.25) is 11.5 Å². The molecule has 0 heterocycles. The van der Waals surface area contributed by atoms with Gasteiger partial charge in [0.05, 0.1) is 31.0 Å². The van der Waals surface area contributed by atoms with E-state index in [0.29, 0.717) is 42.6 Å². The first-order chi connectivity index (χ1) is 32.9. The second kappa shape index (κ2) is 37.4. The molecule has 0 saturated heterocycles. The molecule has 0 saturated carbocycles. The molecule has 0 aromatic heterocycles. The number of benzene rings is 1. The summed E-state index contributed by atoms with van der Waals surface area (Å²) in [6, 6.07) is 3.69. The molecule has 0 aliphatic heterocycles. The molecule has 2 aliphatic rings. The van der Waals surface area contributed by atoms with Gasteiger partial charge in [-0.25, -0.2) is 0 Å². The maximum absolute atomic E-state index is 14.1. The number of ether oxygens (including phenoxy) is 3. The third-order valence-corrected chi connectivity index (χ3v) is 13.7. The van der Waals surface area contributed by atoms with Crippen molar-refractivity contribution in [2.75, 3.05) is 32.9 Å². The first-order valence-corrected chi connectivity index (χ1v) is 28.4. The number of carbonyl (C=O) groups is 2. The standard InChI is InChI=1S/C60H99NO6/c1-6-11-16-19-22-25-28-31-34-37-44-65-54-47-50(56-58(63)57(59(56)64)52-41-40-51(49-53(52)62)61(42-14-9-4)43-15-10-5)48-55(66-45-38-35-32-29-26-23-20-17-12-7-2)60(54)67-46-39-36-33-30-27-24-21-18-13-8-3/h40-41,47-49,63H,6-39,42-46H2,1-5H3/b57-52-. The number of Topliss-reactive ketones (excluding diaryl/α,β-unsaturated/α-hetero) is 1. The number of nitrogens with zero attached hydrogens (tertiary/aromatic N) is 1. The molecular formula is C60H99NO6. The fraction of sp³-hybridized carbons (Fsp3) is 0.733. The van der Waals surface area contributed by atoms with E-state index < -0.39 is 0 Å². The van der Waals surface area contributed by atoms with Crippen molar-refractivity contribution in [1.29, 1.82) is 0 Å². The SMILES string of the molecule is CCCCCCCCCCCCOc1cc(C2=C(O)/C(=C3\C=CC(N(CCCC)CCCC)=CC3=O)C2=O)cc(OCCCCCCCCCCCC)c1OCCCCCCCCCCCC. The fourth-order valence-corrected chi connectivity index (χ4v) is 9.29. The Kier molecular flexibility index (Phi) is 32.3. The van der Waals surface area contributed by atoms with Gasteiger partial charge < -0.3 is 24.2 Å². The Bertz CT molecular complexity index is 1580. The monoisotopic (exact) mass is 930 g/mol. The molecule has 2 aliphatic carbocycles. The van der Waals surface area contributed by atoms with E-state index in [0.717, 1.165) is 83.0 Å². The summed E-state index contributed by atoms with van der Waals surface area (Å²) in [5, 5.41) is 11.7. The van der Waals surface area contributed by atoms with Gasteiger partial charge in [-0.3, -0.25) is 9.59 Å². The van der Waals surface area contributed by atoms with Crippen LogP contribution in [0.15, 0.2) is 53.0 Å². The largest absolute Gasteiger partial charge is 0.506 e. The van der Waals surface area contributed by atoms with E-state index in [4.69, 9.17) is 14.2 Å². The zero-order valence-corrected chi connectivity index (χ0v) is 43.9. The van der Waals surface area contributed by atoms with Crippen molar-refractivity contribution in [3.63, 3.8) is 0 Å². The number of unbranched alkanes of at least 4 members (excludes halogenated alkanes) is 29. The quantitative estimate of drug-likeness (QED) is 0.0515. The van der Waals surface area contributed by atoms with Crippen molar-refractivity contribution in [3.05, 3.63) is 58.5 Å². The molecule has 1 N–H and O–H groups in total. The predicted octanol–water partition coefficient (Wildman–Crippen LogP) is 17.7. The highest BCUT2D eigenvalue weighted by Crippen LogP contribution is 2.46. The minimum Gasteiger partial charge on any atom is -0.506 e. The van der Waals surface area contributed by atoms with E-state index in [1.165, 1.54) is 154 Å². The van der Waals surface area contributed by atoms with Crippen LogP contribution in [-0.4, -0.2) is 54.5 Å². The summed E-state index contributed by atoms with van der Waals surface area (Å²) in [7, 11) is 0. The van der Waals surface area contributed by atoms with Gasteiger partial charge >= 0.3 is 0 Å². The van der Waals surface area contributed by atoms with Gasteiger partial charge in [0.15, 0.2) is 17.3 Å². The number of hydrogen-bond donors (Lipinski definition) is 1. The molecule has 67 heavy (non-hydrogen) atoms. The third-order valence-electron chi connectivity index (χ3n) is 13.7. The molecule has 1 aromatic rings. The summed E-state index contributed by atoms with van der Waals surface area (Å²) in [4.78, 5) is 30.0. The Labute approximate surface area is 411 Å². The fourth-order valence-electron chi connectivity index (χ4n) is 9.29. The first-order valence-electron chi connectivity index (χ1n) is 28.4. The molecule has 7 nitrogen and oxygen atoms in total. The van der Waals surface area contributed by atoms with Gasteiger partial charge in [-0.1, -0.05) is 221 Å². The summed E-state index contributed by atoms with van der Waals surface area (Å²) in [6.07, 6.45) is 46.8. The van der Waals surface area contributed by atoms with E-state index in [9.17, 15) is 14.7 Å². The van der Waals surface area contributed by atoms with Crippen LogP contribution in [0.1, 0.15) is 258 Å². The van der Waals surface area contributed by atoms with Crippen molar-refractivity contribution in [1.82, 2.24) is 4.90 Å².